The van der Waals surface area contributed by atoms with E-state index in [1.54, 1.807) is 36.4 Å². The van der Waals surface area contributed by atoms with Gasteiger partial charge in [0.2, 0.25) is 0 Å². The van der Waals surface area contributed by atoms with Gasteiger partial charge in [0.05, 0.1) is 4.90 Å². The van der Waals surface area contributed by atoms with Gasteiger partial charge in [-0.15, -0.1) is 5.06 Å². The molecule has 1 amide bonds. The first-order valence-corrected chi connectivity index (χ1v) is 8.46. The number of amides is 1. The Morgan fingerprint density at radius 2 is 1.61 bits per heavy atom. The van der Waals surface area contributed by atoms with Gasteiger partial charge in [0.25, 0.3) is 10.0 Å². The molecule has 1 aliphatic rings. The van der Waals surface area contributed by atoms with Crippen molar-refractivity contribution in [3.05, 3.63) is 65.7 Å². The van der Waals surface area contributed by atoms with E-state index in [9.17, 15) is 13.2 Å². The number of benzene rings is 2. The molecule has 23 heavy (non-hydrogen) atoms. The van der Waals surface area contributed by atoms with Crippen molar-refractivity contribution >= 4 is 16.1 Å². The van der Waals surface area contributed by atoms with Gasteiger partial charge >= 0.3 is 6.09 Å². The number of hydroxylamine groups is 2. The summed E-state index contributed by atoms with van der Waals surface area (Å²) in [6.07, 6.45) is -1.75. The lowest BCUT2D eigenvalue weighted by molar-refractivity contribution is -0.0699. The third-order valence-corrected chi connectivity index (χ3v) is 5.38. The molecule has 1 heterocycles. The van der Waals surface area contributed by atoms with Gasteiger partial charge in [-0.1, -0.05) is 48.0 Å². The van der Waals surface area contributed by atoms with Crippen molar-refractivity contribution in [2.75, 3.05) is 7.05 Å². The van der Waals surface area contributed by atoms with E-state index < -0.39 is 22.3 Å². The number of aryl methyl sites for hydroxylation is 1. The number of carbonyl (C=O) groups excluding carboxylic acids is 1. The highest BCUT2D eigenvalue weighted by molar-refractivity contribution is 7.89. The van der Waals surface area contributed by atoms with Crippen molar-refractivity contribution in [1.29, 1.82) is 0 Å². The van der Waals surface area contributed by atoms with E-state index in [0.29, 0.717) is 5.56 Å². The van der Waals surface area contributed by atoms with E-state index >= 15 is 0 Å². The summed E-state index contributed by atoms with van der Waals surface area (Å²) in [4.78, 5) is 17.2. The summed E-state index contributed by atoms with van der Waals surface area (Å²) in [7, 11) is -2.49. The van der Waals surface area contributed by atoms with Gasteiger partial charge in [-0.3, -0.25) is 0 Å². The predicted molar refractivity (Wildman–Crippen MR) is 83.6 cm³/mol. The Morgan fingerprint density at radius 3 is 2.22 bits per heavy atom. The fraction of sp³-hybridized carbons (Fsp3) is 0.188. The molecule has 1 fully saturated rings. The van der Waals surface area contributed by atoms with Crippen molar-refractivity contribution in [1.82, 2.24) is 9.37 Å². The average molecular weight is 332 g/mol. The second-order valence-corrected chi connectivity index (χ2v) is 7.12. The molecule has 0 radical (unpaired) electrons. The minimum atomic E-state index is -4.02. The third-order valence-electron chi connectivity index (χ3n) is 3.64. The van der Waals surface area contributed by atoms with Crippen LogP contribution in [0.2, 0.25) is 0 Å². The first kappa shape index (κ1) is 15.5. The van der Waals surface area contributed by atoms with Crippen LogP contribution >= 0.6 is 0 Å². The Kier molecular flexibility index (Phi) is 3.83. The fourth-order valence-corrected chi connectivity index (χ4v) is 3.94. The number of nitrogens with zero attached hydrogens (tertiary/aromatic N) is 2. The molecule has 0 bridgehead atoms. The smallest absolute Gasteiger partial charge is 0.348 e. The van der Waals surface area contributed by atoms with Gasteiger partial charge in [0.1, 0.15) is 0 Å². The van der Waals surface area contributed by atoms with Crippen LogP contribution in [0.25, 0.3) is 0 Å². The fourth-order valence-electron chi connectivity index (χ4n) is 2.48. The summed E-state index contributed by atoms with van der Waals surface area (Å²) in [5.74, 6) is 0. The second-order valence-electron chi connectivity index (χ2n) is 5.30. The van der Waals surface area contributed by atoms with Crippen LogP contribution in [0.15, 0.2) is 59.5 Å². The molecule has 0 spiro atoms. The summed E-state index contributed by atoms with van der Waals surface area (Å²) < 4.78 is 26.5. The zero-order chi connectivity index (χ0) is 16.6. The maximum absolute atomic E-state index is 12.9. The van der Waals surface area contributed by atoms with Gasteiger partial charge in [-0.2, -0.15) is 4.31 Å². The number of hydrogen-bond acceptors (Lipinski definition) is 5. The van der Waals surface area contributed by atoms with Crippen LogP contribution in [-0.2, 0) is 14.9 Å². The number of sulfonamides is 1. The monoisotopic (exact) mass is 332 g/mol. The Bertz CT molecular complexity index is 819. The summed E-state index contributed by atoms with van der Waals surface area (Å²) in [6, 6.07) is 15.2. The van der Waals surface area contributed by atoms with Crippen LogP contribution in [0.1, 0.15) is 17.3 Å². The van der Waals surface area contributed by atoms with Gasteiger partial charge in [0, 0.05) is 7.05 Å². The maximum atomic E-state index is 12.9. The zero-order valence-electron chi connectivity index (χ0n) is 12.7. The summed E-state index contributed by atoms with van der Waals surface area (Å²) >= 11 is 0. The lowest BCUT2D eigenvalue weighted by Crippen LogP contribution is -2.36. The maximum Gasteiger partial charge on any atom is 0.444 e. The molecule has 1 atom stereocenters. The number of hydrogen-bond donors (Lipinski definition) is 0. The molecular weight excluding hydrogens is 316 g/mol. The molecule has 7 heteroatoms. The molecule has 2 aromatic rings. The van der Waals surface area contributed by atoms with E-state index in [1.807, 2.05) is 13.0 Å². The minimum absolute atomic E-state index is 0.0521. The molecule has 120 valence electrons. The molecule has 1 aliphatic heterocycles. The highest BCUT2D eigenvalue weighted by Gasteiger charge is 2.47. The van der Waals surface area contributed by atoms with Crippen LogP contribution in [0.5, 0.6) is 0 Å². The van der Waals surface area contributed by atoms with Crippen LogP contribution in [-0.4, -0.2) is 30.9 Å². The average Bonchev–Trinajstić information content (AvgIpc) is 2.83. The molecule has 0 aliphatic carbocycles. The molecule has 3 rings (SSSR count). The number of rotatable bonds is 3. The third kappa shape index (κ3) is 2.69. The molecule has 2 aromatic carbocycles. The summed E-state index contributed by atoms with van der Waals surface area (Å²) in [6.45, 7) is 1.86. The van der Waals surface area contributed by atoms with E-state index in [0.717, 1.165) is 9.87 Å². The Balaban J connectivity index is 2.08. The van der Waals surface area contributed by atoms with Crippen LogP contribution in [0.3, 0.4) is 0 Å². The molecule has 6 nitrogen and oxygen atoms in total. The van der Waals surface area contributed by atoms with E-state index in [1.165, 1.54) is 24.2 Å². The largest absolute Gasteiger partial charge is 0.444 e. The Hall–Kier alpha value is -2.38. The lowest BCUT2D eigenvalue weighted by Gasteiger charge is -2.23. The van der Waals surface area contributed by atoms with Crippen molar-refractivity contribution in [2.24, 2.45) is 0 Å². The highest BCUT2D eigenvalue weighted by atomic mass is 32.2. The quantitative estimate of drug-likeness (QED) is 0.864. The van der Waals surface area contributed by atoms with Gasteiger partial charge in [-0.25, -0.2) is 13.2 Å². The van der Waals surface area contributed by atoms with E-state index in [-0.39, 0.29) is 4.90 Å². The normalized spacial score (nSPS) is 19.0. The van der Waals surface area contributed by atoms with Crippen LogP contribution < -0.4 is 0 Å². The lowest BCUT2D eigenvalue weighted by atomic mass is 10.2. The van der Waals surface area contributed by atoms with E-state index in [4.69, 9.17) is 4.84 Å². The first-order valence-electron chi connectivity index (χ1n) is 7.02. The predicted octanol–water partition coefficient (Wildman–Crippen LogP) is 2.68. The Morgan fingerprint density at radius 1 is 1.00 bits per heavy atom. The second kappa shape index (κ2) is 5.68. The molecule has 1 saturated heterocycles. The van der Waals surface area contributed by atoms with Crippen LogP contribution in [0, 0.1) is 6.92 Å². The zero-order valence-corrected chi connectivity index (χ0v) is 13.5. The molecule has 1 unspecified atom stereocenters. The van der Waals surface area contributed by atoms with E-state index in [2.05, 4.69) is 0 Å². The molecular formula is C16H16N2O4S. The van der Waals surface area contributed by atoms with Gasteiger partial charge in [0.15, 0.2) is 6.17 Å². The minimum Gasteiger partial charge on any atom is -0.348 e. The number of carbonyl (C=O) groups is 1. The standard InChI is InChI=1S/C16H16N2O4S/c1-12-8-10-14(11-9-12)23(20,21)18-15(17(2)22-16(18)19)13-6-4-3-5-7-13/h3-11,15H,1-2H3. The topological polar surface area (TPSA) is 66.9 Å². The van der Waals surface area contributed by atoms with Gasteiger partial charge in [-0.05, 0) is 24.6 Å². The summed E-state index contributed by atoms with van der Waals surface area (Å²) in [5.41, 5.74) is 1.58. The summed E-state index contributed by atoms with van der Waals surface area (Å²) in [5, 5.41) is 1.24. The Labute approximate surface area is 134 Å². The van der Waals surface area contributed by atoms with Crippen LogP contribution in [0.4, 0.5) is 4.79 Å². The van der Waals surface area contributed by atoms with Crippen molar-refractivity contribution in [2.45, 2.75) is 18.0 Å². The highest BCUT2D eigenvalue weighted by Crippen LogP contribution is 2.35. The molecule has 0 aromatic heterocycles. The van der Waals surface area contributed by atoms with Crippen molar-refractivity contribution < 1.29 is 18.0 Å². The molecule has 0 saturated carbocycles. The first-order chi connectivity index (χ1) is 10.9. The van der Waals surface area contributed by atoms with Crippen molar-refractivity contribution in [3.63, 3.8) is 0 Å². The molecule has 0 N–H and O–H groups in total. The SMILES string of the molecule is Cc1ccc(S(=O)(=O)N2C(=O)ON(C)C2c2ccccc2)cc1. The van der Waals surface area contributed by atoms with Crippen molar-refractivity contribution in [3.8, 4) is 0 Å². The van der Waals surface area contributed by atoms with Gasteiger partial charge < -0.3 is 4.84 Å².